The summed E-state index contributed by atoms with van der Waals surface area (Å²) in [7, 11) is -3.81. The number of piperazine rings is 1. The molecule has 1 aliphatic heterocycles. The molecule has 0 aliphatic carbocycles. The maximum atomic E-state index is 13.8. The topological polar surface area (TPSA) is 69.7 Å². The minimum absolute atomic E-state index is 0.0143. The first-order chi connectivity index (χ1) is 15.7. The molecule has 4 rings (SSSR count). The number of nitrogens with zero attached hydrogens (tertiary/aromatic N) is 2. The van der Waals surface area contributed by atoms with Crippen LogP contribution in [0, 0.1) is 18.6 Å². The Balaban J connectivity index is 1.46. The third-order valence-electron chi connectivity index (χ3n) is 5.59. The molecule has 0 saturated carbocycles. The Kier molecular flexibility index (Phi) is 6.44. The number of hydrogen-bond donors (Lipinski definition) is 1. The van der Waals surface area contributed by atoms with Gasteiger partial charge >= 0.3 is 0 Å². The Hall–Kier alpha value is -3.30. The maximum absolute atomic E-state index is 13.8. The van der Waals surface area contributed by atoms with Crippen molar-refractivity contribution in [3.63, 3.8) is 0 Å². The Bertz CT molecular complexity index is 1270. The molecule has 0 unspecified atom stereocenters. The van der Waals surface area contributed by atoms with Crippen molar-refractivity contribution < 1.29 is 22.0 Å². The normalized spacial score (nSPS) is 14.8. The first-order valence-corrected chi connectivity index (χ1v) is 11.9. The van der Waals surface area contributed by atoms with Crippen LogP contribution in [0.1, 0.15) is 15.9 Å². The predicted octanol–water partition coefficient (Wildman–Crippen LogP) is 4.04. The van der Waals surface area contributed by atoms with Crippen molar-refractivity contribution in [1.29, 1.82) is 0 Å². The van der Waals surface area contributed by atoms with Crippen LogP contribution in [0.15, 0.2) is 71.6 Å². The van der Waals surface area contributed by atoms with Crippen molar-refractivity contribution in [2.75, 3.05) is 36.4 Å². The number of anilines is 2. The third-order valence-corrected chi connectivity index (χ3v) is 7.49. The first kappa shape index (κ1) is 22.9. The van der Waals surface area contributed by atoms with Crippen LogP contribution in [0.4, 0.5) is 20.2 Å². The minimum atomic E-state index is -3.81. The molecular weight excluding hydrogens is 448 g/mol. The van der Waals surface area contributed by atoms with E-state index in [0.717, 1.165) is 5.69 Å². The summed E-state index contributed by atoms with van der Waals surface area (Å²) in [6.07, 6.45) is 0. The Labute approximate surface area is 191 Å². The zero-order valence-electron chi connectivity index (χ0n) is 18.0. The van der Waals surface area contributed by atoms with Crippen molar-refractivity contribution in [2.24, 2.45) is 0 Å². The summed E-state index contributed by atoms with van der Waals surface area (Å²) in [5.74, 6) is -1.29. The van der Waals surface area contributed by atoms with E-state index in [9.17, 15) is 22.0 Å². The summed E-state index contributed by atoms with van der Waals surface area (Å²) in [6, 6.07) is 16.2. The van der Waals surface area contributed by atoms with Crippen LogP contribution < -0.4 is 10.2 Å². The highest BCUT2D eigenvalue weighted by Crippen LogP contribution is 2.23. The van der Waals surface area contributed by atoms with E-state index in [1.54, 1.807) is 31.2 Å². The molecular formula is C24H23F2N3O3S. The van der Waals surface area contributed by atoms with Crippen LogP contribution >= 0.6 is 0 Å². The molecule has 1 amide bonds. The second-order valence-corrected chi connectivity index (χ2v) is 9.75. The number of nitrogens with one attached hydrogen (secondary N) is 1. The van der Waals surface area contributed by atoms with Gasteiger partial charge in [0, 0.05) is 43.1 Å². The van der Waals surface area contributed by atoms with Crippen molar-refractivity contribution in [1.82, 2.24) is 4.31 Å². The number of carbonyl (C=O) groups is 1. The number of sulfonamides is 1. The predicted molar refractivity (Wildman–Crippen MR) is 123 cm³/mol. The number of rotatable bonds is 5. The Morgan fingerprint density at radius 2 is 1.61 bits per heavy atom. The molecule has 0 radical (unpaired) electrons. The van der Waals surface area contributed by atoms with Gasteiger partial charge < -0.3 is 10.2 Å². The van der Waals surface area contributed by atoms with Crippen LogP contribution in [0.5, 0.6) is 0 Å². The van der Waals surface area contributed by atoms with Gasteiger partial charge in [-0.15, -0.1) is 0 Å². The number of carbonyl (C=O) groups excluding carboxylic acids is 1. The molecule has 1 fully saturated rings. The summed E-state index contributed by atoms with van der Waals surface area (Å²) in [5.41, 5.74) is 1.73. The summed E-state index contributed by atoms with van der Waals surface area (Å²) >= 11 is 0. The van der Waals surface area contributed by atoms with E-state index in [2.05, 4.69) is 5.32 Å². The molecule has 1 aliphatic rings. The monoisotopic (exact) mass is 471 g/mol. The van der Waals surface area contributed by atoms with E-state index in [-0.39, 0.29) is 35.1 Å². The fraction of sp³-hybridized carbons (Fsp3) is 0.208. The van der Waals surface area contributed by atoms with Gasteiger partial charge in [0.25, 0.3) is 5.91 Å². The Morgan fingerprint density at radius 3 is 2.27 bits per heavy atom. The van der Waals surface area contributed by atoms with Crippen molar-refractivity contribution in [3.05, 3.63) is 89.5 Å². The molecule has 3 aromatic carbocycles. The van der Waals surface area contributed by atoms with E-state index < -0.39 is 21.7 Å². The minimum Gasteiger partial charge on any atom is -0.369 e. The van der Waals surface area contributed by atoms with Gasteiger partial charge in [0.2, 0.25) is 10.0 Å². The van der Waals surface area contributed by atoms with Crippen molar-refractivity contribution >= 4 is 27.3 Å². The molecule has 1 heterocycles. The molecule has 1 N–H and O–H groups in total. The Morgan fingerprint density at radius 1 is 0.909 bits per heavy atom. The van der Waals surface area contributed by atoms with Crippen LogP contribution in [0.2, 0.25) is 0 Å². The lowest BCUT2D eigenvalue weighted by Gasteiger charge is -2.35. The third kappa shape index (κ3) is 5.04. The van der Waals surface area contributed by atoms with Gasteiger partial charge in [-0.2, -0.15) is 4.31 Å². The largest absolute Gasteiger partial charge is 0.369 e. The summed E-state index contributed by atoms with van der Waals surface area (Å²) in [6.45, 7) is 3.07. The molecule has 172 valence electrons. The number of aryl methyl sites for hydroxylation is 1. The van der Waals surface area contributed by atoms with Gasteiger partial charge in [-0.25, -0.2) is 17.2 Å². The number of benzene rings is 3. The van der Waals surface area contributed by atoms with Gasteiger partial charge in [-0.05, 0) is 67.1 Å². The van der Waals surface area contributed by atoms with E-state index in [1.807, 2.05) is 4.90 Å². The molecule has 33 heavy (non-hydrogen) atoms. The quantitative estimate of drug-likeness (QED) is 0.610. The fourth-order valence-corrected chi connectivity index (χ4v) is 5.13. The SMILES string of the molecule is Cc1ccc(NC(=O)c2cccc(S(=O)(=O)N3CCN(c4ccc(F)cc4)CC3)c2)cc1F. The summed E-state index contributed by atoms with van der Waals surface area (Å²) in [4.78, 5) is 14.6. The summed E-state index contributed by atoms with van der Waals surface area (Å²) < 4.78 is 54.6. The van der Waals surface area contributed by atoms with Gasteiger partial charge in [0.05, 0.1) is 4.90 Å². The highest BCUT2D eigenvalue weighted by molar-refractivity contribution is 7.89. The molecule has 0 aromatic heterocycles. The maximum Gasteiger partial charge on any atom is 0.255 e. The first-order valence-electron chi connectivity index (χ1n) is 10.4. The highest BCUT2D eigenvalue weighted by Gasteiger charge is 2.29. The number of halogens is 2. The van der Waals surface area contributed by atoms with Crippen molar-refractivity contribution in [3.8, 4) is 0 Å². The van der Waals surface area contributed by atoms with E-state index in [4.69, 9.17) is 0 Å². The van der Waals surface area contributed by atoms with Gasteiger partial charge in [0.1, 0.15) is 11.6 Å². The van der Waals surface area contributed by atoms with Crippen LogP contribution in [-0.2, 0) is 10.0 Å². The van der Waals surface area contributed by atoms with E-state index in [1.165, 1.54) is 46.8 Å². The molecule has 6 nitrogen and oxygen atoms in total. The zero-order chi connectivity index (χ0) is 23.6. The number of hydrogen-bond acceptors (Lipinski definition) is 4. The molecule has 0 spiro atoms. The molecule has 1 saturated heterocycles. The fourth-order valence-electron chi connectivity index (χ4n) is 3.66. The van der Waals surface area contributed by atoms with Crippen molar-refractivity contribution in [2.45, 2.75) is 11.8 Å². The van der Waals surface area contributed by atoms with Crippen LogP contribution in [0.25, 0.3) is 0 Å². The lowest BCUT2D eigenvalue weighted by atomic mass is 10.2. The van der Waals surface area contributed by atoms with Gasteiger partial charge in [0.15, 0.2) is 0 Å². The van der Waals surface area contributed by atoms with Gasteiger partial charge in [-0.1, -0.05) is 12.1 Å². The average Bonchev–Trinajstić information content (AvgIpc) is 2.82. The van der Waals surface area contributed by atoms with E-state index in [0.29, 0.717) is 18.7 Å². The van der Waals surface area contributed by atoms with Gasteiger partial charge in [-0.3, -0.25) is 4.79 Å². The second kappa shape index (κ2) is 9.29. The molecule has 0 bridgehead atoms. The molecule has 9 heteroatoms. The van der Waals surface area contributed by atoms with Crippen LogP contribution in [0.3, 0.4) is 0 Å². The average molecular weight is 472 g/mol. The van der Waals surface area contributed by atoms with Crippen LogP contribution in [-0.4, -0.2) is 44.8 Å². The smallest absolute Gasteiger partial charge is 0.255 e. The zero-order valence-corrected chi connectivity index (χ0v) is 18.8. The highest BCUT2D eigenvalue weighted by atomic mass is 32.2. The molecule has 3 aromatic rings. The lowest BCUT2D eigenvalue weighted by molar-refractivity contribution is 0.102. The number of amides is 1. The second-order valence-electron chi connectivity index (χ2n) is 7.81. The standard InChI is InChI=1S/C24H23F2N3O3S/c1-17-5-8-20(16-23(17)26)27-24(30)18-3-2-4-22(15-18)33(31,32)29-13-11-28(12-14-29)21-9-6-19(25)7-10-21/h2-10,15-16H,11-14H2,1H3,(H,27,30). The summed E-state index contributed by atoms with van der Waals surface area (Å²) in [5, 5.41) is 2.59. The lowest BCUT2D eigenvalue weighted by Crippen LogP contribution is -2.48. The molecule has 0 atom stereocenters. The van der Waals surface area contributed by atoms with E-state index >= 15 is 0 Å².